The Labute approximate surface area is 99.1 Å². The Morgan fingerprint density at radius 1 is 1.53 bits per heavy atom. The maximum absolute atomic E-state index is 12.0. The maximum atomic E-state index is 12.0. The predicted molar refractivity (Wildman–Crippen MR) is 54.7 cm³/mol. The lowest BCUT2D eigenvalue weighted by atomic mass is 10.1. The quantitative estimate of drug-likeness (QED) is 0.477. The van der Waals surface area contributed by atoms with Crippen LogP contribution in [0.15, 0.2) is 12.1 Å². The van der Waals surface area contributed by atoms with Gasteiger partial charge < -0.3 is 4.74 Å². The van der Waals surface area contributed by atoms with E-state index in [0.29, 0.717) is 0 Å². The molecule has 8 heteroatoms. The molecule has 17 heavy (non-hydrogen) atoms. The van der Waals surface area contributed by atoms with Crippen LogP contribution < -0.4 is 4.74 Å². The van der Waals surface area contributed by atoms with Crippen molar-refractivity contribution >= 4 is 23.1 Å². The second-order valence-corrected chi connectivity index (χ2v) is 3.38. The van der Waals surface area contributed by atoms with Crippen molar-refractivity contribution in [3.8, 4) is 5.75 Å². The molecule has 0 heterocycles. The minimum absolute atomic E-state index is 0.128. The van der Waals surface area contributed by atoms with Crippen molar-refractivity contribution in [1.82, 2.24) is 0 Å². The number of rotatable bonds is 4. The highest BCUT2D eigenvalue weighted by Gasteiger charge is 2.22. The third kappa shape index (κ3) is 3.10. The van der Waals surface area contributed by atoms with E-state index in [1.807, 2.05) is 0 Å². The van der Waals surface area contributed by atoms with Gasteiger partial charge in [0.15, 0.2) is 16.6 Å². The molecule has 0 aliphatic heterocycles. The van der Waals surface area contributed by atoms with Crippen LogP contribution in [0.5, 0.6) is 5.75 Å². The summed E-state index contributed by atoms with van der Waals surface area (Å²) in [5.41, 5.74) is -0.785. The fraction of sp³-hybridized carbons (Fsp3) is 0.222. The molecule has 0 atom stereocenters. The number of hydrogen-bond acceptors (Lipinski definition) is 4. The van der Waals surface area contributed by atoms with E-state index in [0.717, 1.165) is 19.1 Å². The number of hydrogen-bond donors (Lipinski definition) is 0. The molecule has 0 aromatic heterocycles. The van der Waals surface area contributed by atoms with Crippen LogP contribution in [-0.4, -0.2) is 17.3 Å². The van der Waals surface area contributed by atoms with E-state index in [1.165, 1.54) is 0 Å². The summed E-state index contributed by atoms with van der Waals surface area (Å²) in [5, 5.41) is 10.0. The van der Waals surface area contributed by atoms with Gasteiger partial charge >= 0.3 is 6.61 Å². The summed E-state index contributed by atoms with van der Waals surface area (Å²) in [6, 6.07) is 1.84. The van der Waals surface area contributed by atoms with Crippen LogP contribution in [0.4, 0.5) is 14.5 Å². The number of carbonyl (C=O) groups is 1. The van der Waals surface area contributed by atoms with E-state index in [2.05, 4.69) is 4.74 Å². The molecule has 0 amide bonds. The molecule has 0 unspecified atom stereocenters. The Hall–Kier alpha value is -1.76. The summed E-state index contributed by atoms with van der Waals surface area (Å²) < 4.78 is 28.1. The van der Waals surface area contributed by atoms with Crippen molar-refractivity contribution in [2.75, 3.05) is 0 Å². The van der Waals surface area contributed by atoms with E-state index in [1.54, 1.807) is 0 Å². The molecule has 1 aromatic rings. The second-order valence-electron chi connectivity index (χ2n) is 3.00. The molecular formula is C9H6ClF2NO4. The van der Waals surface area contributed by atoms with Gasteiger partial charge in [0.05, 0.1) is 4.92 Å². The molecule has 1 rings (SSSR count). The summed E-state index contributed by atoms with van der Waals surface area (Å²) in [4.78, 5) is 20.8. The number of ketones is 1. The third-order valence-electron chi connectivity index (χ3n) is 1.84. The SMILES string of the molecule is CC(=O)c1cc(OC(F)F)c(Cl)c([N+](=O)[O-])c1. The zero-order chi connectivity index (χ0) is 13.2. The van der Waals surface area contributed by atoms with Crippen LogP contribution in [0.25, 0.3) is 0 Å². The van der Waals surface area contributed by atoms with Crippen LogP contribution in [0.1, 0.15) is 17.3 Å². The third-order valence-corrected chi connectivity index (χ3v) is 2.22. The van der Waals surface area contributed by atoms with Crippen molar-refractivity contribution in [3.63, 3.8) is 0 Å². The molecule has 0 spiro atoms. The number of benzene rings is 1. The molecule has 5 nitrogen and oxygen atoms in total. The van der Waals surface area contributed by atoms with Gasteiger partial charge in [-0.25, -0.2) is 0 Å². The average molecular weight is 266 g/mol. The first-order valence-corrected chi connectivity index (χ1v) is 4.64. The number of nitrogens with zero attached hydrogens (tertiary/aromatic N) is 1. The lowest BCUT2D eigenvalue weighted by Crippen LogP contribution is -2.05. The van der Waals surface area contributed by atoms with Gasteiger partial charge in [-0.15, -0.1) is 0 Å². The summed E-state index contributed by atoms with van der Waals surface area (Å²) in [6.45, 7) is -2.05. The standard InChI is InChI=1S/C9H6ClF2NO4/c1-4(14)5-2-6(13(15)16)8(10)7(3-5)17-9(11)12/h2-3,9H,1H3. The first-order chi connectivity index (χ1) is 7.82. The van der Waals surface area contributed by atoms with Crippen LogP contribution in [0.3, 0.4) is 0 Å². The van der Waals surface area contributed by atoms with E-state index < -0.39 is 33.8 Å². The Balaban J connectivity index is 3.37. The molecule has 0 aliphatic rings. The highest BCUT2D eigenvalue weighted by Crippen LogP contribution is 2.36. The molecule has 0 radical (unpaired) electrons. The Morgan fingerprint density at radius 3 is 2.53 bits per heavy atom. The van der Waals surface area contributed by atoms with Gasteiger partial charge in [-0.05, 0) is 13.0 Å². The number of nitro groups is 1. The first kappa shape index (κ1) is 13.3. The number of ether oxygens (including phenoxy) is 1. The Bertz CT molecular complexity index is 478. The largest absolute Gasteiger partial charge is 0.433 e. The van der Waals surface area contributed by atoms with E-state index in [4.69, 9.17) is 11.6 Å². The minimum Gasteiger partial charge on any atom is -0.433 e. The molecule has 0 aliphatic carbocycles. The molecule has 0 bridgehead atoms. The van der Waals surface area contributed by atoms with E-state index in [-0.39, 0.29) is 5.56 Å². The number of alkyl halides is 2. The van der Waals surface area contributed by atoms with Crippen LogP contribution in [0.2, 0.25) is 5.02 Å². The molecule has 92 valence electrons. The van der Waals surface area contributed by atoms with Gasteiger partial charge in [-0.3, -0.25) is 14.9 Å². The smallest absolute Gasteiger partial charge is 0.387 e. The maximum Gasteiger partial charge on any atom is 0.387 e. The van der Waals surface area contributed by atoms with Crippen LogP contribution >= 0.6 is 11.6 Å². The number of Topliss-reactive ketones (excluding diaryl/α,β-unsaturated/α-hetero) is 1. The van der Waals surface area contributed by atoms with Crippen molar-refractivity contribution in [3.05, 3.63) is 32.8 Å². The van der Waals surface area contributed by atoms with Crippen molar-refractivity contribution in [2.24, 2.45) is 0 Å². The molecular weight excluding hydrogens is 260 g/mol. The van der Waals surface area contributed by atoms with E-state index >= 15 is 0 Å². The van der Waals surface area contributed by atoms with Gasteiger partial charge in [-0.1, -0.05) is 11.6 Å². The molecule has 0 saturated heterocycles. The molecule has 0 fully saturated rings. The van der Waals surface area contributed by atoms with Crippen molar-refractivity contribution in [1.29, 1.82) is 0 Å². The molecule has 1 aromatic carbocycles. The lowest BCUT2D eigenvalue weighted by Gasteiger charge is -2.08. The Morgan fingerprint density at radius 2 is 2.12 bits per heavy atom. The van der Waals surface area contributed by atoms with Crippen molar-refractivity contribution < 1.29 is 23.2 Å². The summed E-state index contributed by atoms with van der Waals surface area (Å²) in [7, 11) is 0. The summed E-state index contributed by atoms with van der Waals surface area (Å²) in [6.07, 6.45) is 0. The molecule has 0 saturated carbocycles. The second kappa shape index (κ2) is 5.05. The Kier molecular flexibility index (Phi) is 3.95. The highest BCUT2D eigenvalue weighted by atomic mass is 35.5. The number of nitro benzene ring substituents is 1. The zero-order valence-electron chi connectivity index (χ0n) is 8.45. The first-order valence-electron chi connectivity index (χ1n) is 4.26. The van der Waals surface area contributed by atoms with Crippen LogP contribution in [-0.2, 0) is 0 Å². The normalized spacial score (nSPS) is 10.4. The number of halogens is 3. The summed E-state index contributed by atoms with van der Waals surface area (Å²) >= 11 is 5.51. The summed E-state index contributed by atoms with van der Waals surface area (Å²) in [5.74, 6) is -1.12. The zero-order valence-corrected chi connectivity index (χ0v) is 9.20. The van der Waals surface area contributed by atoms with Gasteiger partial charge in [0.25, 0.3) is 5.69 Å². The fourth-order valence-electron chi connectivity index (χ4n) is 1.10. The van der Waals surface area contributed by atoms with Gasteiger partial charge in [0.2, 0.25) is 0 Å². The topological polar surface area (TPSA) is 69.4 Å². The van der Waals surface area contributed by atoms with Crippen molar-refractivity contribution in [2.45, 2.75) is 13.5 Å². The highest BCUT2D eigenvalue weighted by molar-refractivity contribution is 6.34. The average Bonchev–Trinajstić information content (AvgIpc) is 2.19. The fourth-order valence-corrected chi connectivity index (χ4v) is 1.32. The van der Waals surface area contributed by atoms with Gasteiger partial charge in [0.1, 0.15) is 0 Å². The van der Waals surface area contributed by atoms with E-state index in [9.17, 15) is 23.7 Å². The predicted octanol–water partition coefficient (Wildman–Crippen LogP) is 3.05. The van der Waals surface area contributed by atoms with Gasteiger partial charge in [0, 0.05) is 11.6 Å². The number of carbonyl (C=O) groups excluding carboxylic acids is 1. The lowest BCUT2D eigenvalue weighted by molar-refractivity contribution is -0.384. The van der Waals surface area contributed by atoms with Gasteiger partial charge in [-0.2, -0.15) is 8.78 Å². The van der Waals surface area contributed by atoms with Crippen LogP contribution in [0, 0.1) is 10.1 Å². The molecule has 0 N–H and O–H groups in total. The monoisotopic (exact) mass is 265 g/mol. The minimum atomic E-state index is -3.19.